The molecule has 1 heterocycles. The first kappa shape index (κ1) is 19.7. The summed E-state index contributed by atoms with van der Waals surface area (Å²) >= 11 is 0. The fourth-order valence-electron chi connectivity index (χ4n) is 5.86. The molecule has 0 radical (unpaired) electrons. The minimum atomic E-state index is 0.390. The van der Waals surface area contributed by atoms with Crippen molar-refractivity contribution in [1.29, 1.82) is 0 Å². The lowest BCUT2D eigenvalue weighted by Gasteiger charge is -2.38. The largest absolute Gasteiger partial charge is 0.396 e. The summed E-state index contributed by atoms with van der Waals surface area (Å²) in [5.74, 6) is 4.23. The normalized spacial score (nSPS) is 40.1. The fourth-order valence-corrected chi connectivity index (χ4v) is 5.86. The zero-order valence-electron chi connectivity index (χ0n) is 16.6. The van der Waals surface area contributed by atoms with Crippen molar-refractivity contribution in [1.82, 2.24) is 0 Å². The van der Waals surface area contributed by atoms with E-state index in [-0.39, 0.29) is 0 Å². The van der Waals surface area contributed by atoms with Crippen LogP contribution in [-0.4, -0.2) is 24.4 Å². The van der Waals surface area contributed by atoms with Gasteiger partial charge in [0.1, 0.15) is 0 Å². The molecular weight excluding hydrogens is 308 g/mol. The minimum absolute atomic E-state index is 0.390. The maximum absolute atomic E-state index is 9.30. The predicted octanol–water partition coefficient (Wildman–Crippen LogP) is 5.97. The highest BCUT2D eigenvalue weighted by Gasteiger charge is 2.31. The highest BCUT2D eigenvalue weighted by atomic mass is 16.5. The molecule has 0 aromatic rings. The third-order valence-electron chi connectivity index (χ3n) is 7.73. The van der Waals surface area contributed by atoms with Crippen molar-refractivity contribution < 1.29 is 9.84 Å². The van der Waals surface area contributed by atoms with Crippen LogP contribution < -0.4 is 0 Å². The molecule has 1 aliphatic heterocycles. The highest BCUT2D eigenvalue weighted by Crippen LogP contribution is 2.38. The molecule has 2 heteroatoms. The Labute approximate surface area is 156 Å². The SMILES string of the molecule is CCCC1CCC(CCC2CCC(C3CCC(CO)CC3)OC2)CC1. The highest BCUT2D eigenvalue weighted by molar-refractivity contribution is 4.82. The number of rotatable bonds is 7. The van der Waals surface area contributed by atoms with Gasteiger partial charge in [-0.15, -0.1) is 0 Å². The van der Waals surface area contributed by atoms with Crippen LogP contribution in [0.5, 0.6) is 0 Å². The zero-order chi connectivity index (χ0) is 17.5. The van der Waals surface area contributed by atoms with E-state index in [2.05, 4.69) is 6.92 Å². The lowest BCUT2D eigenvalue weighted by atomic mass is 9.75. The fraction of sp³-hybridized carbons (Fsp3) is 1.00. The van der Waals surface area contributed by atoms with Crippen LogP contribution in [0.25, 0.3) is 0 Å². The van der Waals surface area contributed by atoms with Crippen molar-refractivity contribution in [2.75, 3.05) is 13.2 Å². The molecule has 0 spiro atoms. The predicted molar refractivity (Wildman–Crippen MR) is 105 cm³/mol. The zero-order valence-corrected chi connectivity index (χ0v) is 16.6. The quantitative estimate of drug-likeness (QED) is 0.613. The van der Waals surface area contributed by atoms with Crippen LogP contribution in [0.4, 0.5) is 0 Å². The van der Waals surface area contributed by atoms with Crippen molar-refractivity contribution in [3.63, 3.8) is 0 Å². The molecule has 3 rings (SSSR count). The molecule has 25 heavy (non-hydrogen) atoms. The summed E-state index contributed by atoms with van der Waals surface area (Å²) in [6.07, 6.45) is 19.9. The van der Waals surface area contributed by atoms with E-state index in [9.17, 15) is 5.11 Å². The van der Waals surface area contributed by atoms with Gasteiger partial charge in [0.05, 0.1) is 6.10 Å². The Morgan fingerprint density at radius 3 is 1.80 bits per heavy atom. The summed E-state index contributed by atoms with van der Waals surface area (Å²) in [5, 5.41) is 9.30. The van der Waals surface area contributed by atoms with Gasteiger partial charge in [0, 0.05) is 13.2 Å². The number of hydrogen-bond acceptors (Lipinski definition) is 2. The molecule has 1 N–H and O–H groups in total. The van der Waals surface area contributed by atoms with Gasteiger partial charge in [0.25, 0.3) is 0 Å². The Balaban J connectivity index is 1.28. The summed E-state index contributed by atoms with van der Waals surface area (Å²) in [5.41, 5.74) is 0. The second-order valence-corrected chi connectivity index (χ2v) is 9.53. The summed E-state index contributed by atoms with van der Waals surface area (Å²) in [6.45, 7) is 3.75. The molecule has 3 aliphatic rings. The van der Waals surface area contributed by atoms with Crippen LogP contribution >= 0.6 is 0 Å². The van der Waals surface area contributed by atoms with Gasteiger partial charge in [-0.3, -0.25) is 0 Å². The monoisotopic (exact) mass is 350 g/mol. The second kappa shape index (κ2) is 10.3. The van der Waals surface area contributed by atoms with Crippen molar-refractivity contribution in [2.45, 2.75) is 103 Å². The molecular formula is C23H42O2. The van der Waals surface area contributed by atoms with Gasteiger partial charge in [-0.25, -0.2) is 0 Å². The Bertz CT molecular complexity index is 345. The summed E-state index contributed by atoms with van der Waals surface area (Å²) in [4.78, 5) is 0. The van der Waals surface area contributed by atoms with E-state index in [4.69, 9.17) is 4.74 Å². The number of hydrogen-bond donors (Lipinski definition) is 1. The van der Waals surface area contributed by atoms with Crippen molar-refractivity contribution in [3.8, 4) is 0 Å². The van der Waals surface area contributed by atoms with E-state index in [0.717, 1.165) is 30.3 Å². The molecule has 2 unspecified atom stereocenters. The van der Waals surface area contributed by atoms with Crippen LogP contribution in [0, 0.1) is 29.6 Å². The van der Waals surface area contributed by atoms with Gasteiger partial charge in [0.15, 0.2) is 0 Å². The maximum Gasteiger partial charge on any atom is 0.0603 e. The molecule has 2 nitrogen and oxygen atoms in total. The molecule has 0 bridgehead atoms. The van der Waals surface area contributed by atoms with Gasteiger partial charge in [0.2, 0.25) is 0 Å². The average molecular weight is 351 g/mol. The van der Waals surface area contributed by atoms with Gasteiger partial charge in [-0.05, 0) is 74.5 Å². The molecule has 2 atom stereocenters. The van der Waals surface area contributed by atoms with Crippen molar-refractivity contribution in [2.24, 2.45) is 29.6 Å². The lowest BCUT2D eigenvalue weighted by Crippen LogP contribution is -2.34. The molecule has 1 saturated heterocycles. The molecule has 146 valence electrons. The minimum Gasteiger partial charge on any atom is -0.396 e. The first-order valence-corrected chi connectivity index (χ1v) is 11.5. The van der Waals surface area contributed by atoms with Gasteiger partial charge < -0.3 is 9.84 Å². The number of aliphatic hydroxyl groups is 1. The van der Waals surface area contributed by atoms with Crippen LogP contribution in [0.1, 0.15) is 96.8 Å². The van der Waals surface area contributed by atoms with E-state index >= 15 is 0 Å². The standard InChI is InChI=1S/C23H42O2/c1-2-3-18-4-6-19(7-5-18)8-9-21-12-15-23(25-17-21)22-13-10-20(16-24)11-14-22/h18-24H,2-17H2,1H3. The number of aliphatic hydroxyl groups excluding tert-OH is 1. The van der Waals surface area contributed by atoms with E-state index in [1.807, 2.05) is 0 Å². The van der Waals surface area contributed by atoms with Gasteiger partial charge >= 0.3 is 0 Å². The molecule has 0 aromatic heterocycles. The van der Waals surface area contributed by atoms with Gasteiger partial charge in [-0.2, -0.15) is 0 Å². The Hall–Kier alpha value is -0.0800. The maximum atomic E-state index is 9.30. The molecule has 0 amide bonds. The van der Waals surface area contributed by atoms with Crippen LogP contribution in [0.3, 0.4) is 0 Å². The topological polar surface area (TPSA) is 29.5 Å². The molecule has 0 aromatic carbocycles. The Morgan fingerprint density at radius 1 is 0.680 bits per heavy atom. The van der Waals surface area contributed by atoms with Crippen LogP contribution in [-0.2, 0) is 4.74 Å². The Kier molecular flexibility index (Phi) is 8.11. The summed E-state index contributed by atoms with van der Waals surface area (Å²) in [6, 6.07) is 0. The van der Waals surface area contributed by atoms with E-state index in [1.165, 1.54) is 89.9 Å². The Morgan fingerprint density at radius 2 is 1.24 bits per heavy atom. The molecule has 3 fully saturated rings. The third-order valence-corrected chi connectivity index (χ3v) is 7.73. The first-order chi connectivity index (χ1) is 12.3. The number of ether oxygens (including phenoxy) is 1. The van der Waals surface area contributed by atoms with Gasteiger partial charge in [-0.1, -0.05) is 51.9 Å². The van der Waals surface area contributed by atoms with Crippen molar-refractivity contribution in [3.05, 3.63) is 0 Å². The van der Waals surface area contributed by atoms with E-state index in [0.29, 0.717) is 18.6 Å². The van der Waals surface area contributed by atoms with Crippen LogP contribution in [0.15, 0.2) is 0 Å². The lowest BCUT2D eigenvalue weighted by molar-refractivity contribution is -0.0618. The average Bonchev–Trinajstić information content (AvgIpc) is 2.68. The third kappa shape index (κ3) is 5.96. The van der Waals surface area contributed by atoms with Crippen molar-refractivity contribution >= 4 is 0 Å². The van der Waals surface area contributed by atoms with E-state index in [1.54, 1.807) is 0 Å². The summed E-state index contributed by atoms with van der Waals surface area (Å²) < 4.78 is 6.33. The smallest absolute Gasteiger partial charge is 0.0603 e. The molecule has 2 aliphatic carbocycles. The van der Waals surface area contributed by atoms with Crippen LogP contribution in [0.2, 0.25) is 0 Å². The summed E-state index contributed by atoms with van der Waals surface area (Å²) in [7, 11) is 0. The first-order valence-electron chi connectivity index (χ1n) is 11.5. The van der Waals surface area contributed by atoms with E-state index < -0.39 is 0 Å². The molecule has 2 saturated carbocycles. The second-order valence-electron chi connectivity index (χ2n) is 9.53.